The lowest BCUT2D eigenvalue weighted by atomic mass is 10.1. The lowest BCUT2D eigenvalue weighted by molar-refractivity contribution is 0.102. The van der Waals surface area contributed by atoms with Gasteiger partial charge in [0, 0.05) is 22.8 Å². The van der Waals surface area contributed by atoms with Crippen LogP contribution in [0, 0.1) is 6.92 Å². The summed E-state index contributed by atoms with van der Waals surface area (Å²) in [7, 11) is -3.00. The highest BCUT2D eigenvalue weighted by Gasteiger charge is 2.31. The zero-order valence-corrected chi connectivity index (χ0v) is 17.2. The summed E-state index contributed by atoms with van der Waals surface area (Å²) < 4.78 is 25.8. The van der Waals surface area contributed by atoms with Crippen LogP contribution >= 0.6 is 0 Å². The zero-order chi connectivity index (χ0) is 20.9. The number of fused-ring (bicyclic) bond motifs is 2. The topological polar surface area (TPSA) is 93.9 Å². The van der Waals surface area contributed by atoms with E-state index in [1.165, 1.54) is 0 Å². The van der Waals surface area contributed by atoms with Crippen molar-refractivity contribution in [2.24, 2.45) is 0 Å². The number of benzene rings is 2. The van der Waals surface area contributed by atoms with Gasteiger partial charge in [0.2, 0.25) is 0 Å². The molecule has 1 saturated heterocycles. The van der Waals surface area contributed by atoms with E-state index in [2.05, 4.69) is 15.3 Å². The van der Waals surface area contributed by atoms with Gasteiger partial charge in [0.25, 0.3) is 5.91 Å². The maximum atomic E-state index is 12.8. The molecule has 0 aliphatic carbocycles. The second kappa shape index (κ2) is 6.91. The van der Waals surface area contributed by atoms with Crippen molar-refractivity contribution in [1.29, 1.82) is 0 Å². The number of rotatable bonds is 3. The van der Waals surface area contributed by atoms with E-state index < -0.39 is 9.84 Å². The fourth-order valence-electron chi connectivity index (χ4n) is 4.16. The Morgan fingerprint density at radius 3 is 2.80 bits per heavy atom. The van der Waals surface area contributed by atoms with Crippen molar-refractivity contribution in [2.75, 3.05) is 16.8 Å². The smallest absolute Gasteiger partial charge is 0.255 e. The molecule has 3 heterocycles. The number of pyridine rings is 1. The predicted molar refractivity (Wildman–Crippen MR) is 116 cm³/mol. The van der Waals surface area contributed by atoms with Gasteiger partial charge in [-0.15, -0.1) is 0 Å². The monoisotopic (exact) mass is 420 g/mol. The van der Waals surface area contributed by atoms with Crippen molar-refractivity contribution in [3.8, 4) is 0 Å². The first-order chi connectivity index (χ1) is 14.4. The number of aryl methyl sites for hydroxylation is 1. The van der Waals surface area contributed by atoms with Crippen molar-refractivity contribution < 1.29 is 13.2 Å². The molecule has 1 aliphatic heterocycles. The first kappa shape index (κ1) is 18.7. The van der Waals surface area contributed by atoms with Crippen molar-refractivity contribution in [1.82, 2.24) is 14.5 Å². The number of carbonyl (C=O) groups excluding carboxylic acids is 1. The molecule has 1 aliphatic rings. The second-order valence-corrected chi connectivity index (χ2v) is 9.88. The van der Waals surface area contributed by atoms with E-state index in [-0.39, 0.29) is 23.5 Å². The molecule has 1 fully saturated rings. The van der Waals surface area contributed by atoms with Gasteiger partial charge in [-0.25, -0.2) is 13.4 Å². The summed E-state index contributed by atoms with van der Waals surface area (Å²) in [6.07, 6.45) is 2.33. The maximum Gasteiger partial charge on any atom is 0.255 e. The van der Waals surface area contributed by atoms with Gasteiger partial charge < -0.3 is 9.88 Å². The summed E-state index contributed by atoms with van der Waals surface area (Å²) in [5.41, 5.74) is 3.60. The molecule has 5 rings (SSSR count). The highest BCUT2D eigenvalue weighted by molar-refractivity contribution is 7.91. The Bertz CT molecular complexity index is 1410. The van der Waals surface area contributed by atoms with Gasteiger partial charge in [-0.2, -0.15) is 0 Å². The van der Waals surface area contributed by atoms with Crippen LogP contribution in [0.4, 0.5) is 5.69 Å². The van der Waals surface area contributed by atoms with E-state index in [1.807, 2.05) is 47.9 Å². The molecule has 2 aromatic heterocycles. The molecule has 7 nitrogen and oxygen atoms in total. The highest BCUT2D eigenvalue weighted by Crippen LogP contribution is 2.30. The summed E-state index contributed by atoms with van der Waals surface area (Å²) >= 11 is 0. The third-order valence-corrected chi connectivity index (χ3v) is 7.31. The average molecular weight is 420 g/mol. The van der Waals surface area contributed by atoms with Crippen LogP contribution in [0.2, 0.25) is 0 Å². The van der Waals surface area contributed by atoms with Crippen molar-refractivity contribution >= 4 is 43.4 Å². The van der Waals surface area contributed by atoms with Crippen molar-refractivity contribution in [3.05, 3.63) is 66.1 Å². The van der Waals surface area contributed by atoms with Gasteiger partial charge in [-0.3, -0.25) is 9.78 Å². The van der Waals surface area contributed by atoms with E-state index in [0.717, 1.165) is 22.2 Å². The number of anilines is 1. The normalized spacial score (nSPS) is 18.1. The van der Waals surface area contributed by atoms with Crippen LogP contribution in [0.1, 0.15) is 28.6 Å². The molecular formula is C22H20N4O3S. The van der Waals surface area contributed by atoms with Gasteiger partial charge in [0.1, 0.15) is 5.82 Å². The van der Waals surface area contributed by atoms with E-state index >= 15 is 0 Å². The predicted octanol–water partition coefficient (Wildman–Crippen LogP) is 3.50. The summed E-state index contributed by atoms with van der Waals surface area (Å²) in [6.45, 7) is 1.87. The molecular weight excluding hydrogens is 400 g/mol. The Morgan fingerprint density at radius 2 is 2.00 bits per heavy atom. The number of hydrogen-bond donors (Lipinski definition) is 1. The van der Waals surface area contributed by atoms with Crippen molar-refractivity contribution in [2.45, 2.75) is 19.4 Å². The molecule has 1 atom stereocenters. The summed E-state index contributed by atoms with van der Waals surface area (Å²) in [5, 5.41) is 3.87. The Kier molecular flexibility index (Phi) is 4.32. The minimum Gasteiger partial charge on any atom is -0.324 e. The number of amides is 1. The second-order valence-electron chi connectivity index (χ2n) is 7.65. The molecule has 2 aromatic carbocycles. The van der Waals surface area contributed by atoms with Crippen LogP contribution < -0.4 is 5.32 Å². The standard InChI is InChI=1S/C22H20N4O3S/c1-14-24-20-12-16(4-7-21(20)26(14)18-8-10-30(28,29)13-18)22(27)25-17-5-6-19-15(11-17)3-2-9-23-19/h2-7,9,11-12,18H,8,10,13H2,1H3,(H,25,27)/t18-/m1/s1. The molecule has 0 bridgehead atoms. The third-order valence-electron chi connectivity index (χ3n) is 5.56. The summed E-state index contributed by atoms with van der Waals surface area (Å²) in [4.78, 5) is 21.6. The Morgan fingerprint density at radius 1 is 1.13 bits per heavy atom. The number of sulfone groups is 1. The number of hydrogen-bond acceptors (Lipinski definition) is 5. The van der Waals surface area contributed by atoms with Crippen LogP contribution in [-0.4, -0.2) is 40.4 Å². The van der Waals surface area contributed by atoms with E-state index in [0.29, 0.717) is 23.2 Å². The lowest BCUT2D eigenvalue weighted by Crippen LogP contribution is -2.13. The van der Waals surface area contributed by atoms with Gasteiger partial charge in [-0.1, -0.05) is 6.07 Å². The maximum absolute atomic E-state index is 12.8. The minimum absolute atomic E-state index is 0.106. The first-order valence-electron chi connectivity index (χ1n) is 9.75. The van der Waals surface area contributed by atoms with Gasteiger partial charge in [0.15, 0.2) is 9.84 Å². The molecule has 0 spiro atoms. The fourth-order valence-corrected chi connectivity index (χ4v) is 5.86. The molecule has 0 unspecified atom stereocenters. The number of carbonyl (C=O) groups is 1. The number of nitrogens with zero attached hydrogens (tertiary/aromatic N) is 3. The number of nitrogens with one attached hydrogen (secondary N) is 1. The van der Waals surface area contributed by atoms with Gasteiger partial charge in [-0.05, 0) is 55.8 Å². The molecule has 4 aromatic rings. The zero-order valence-electron chi connectivity index (χ0n) is 16.4. The third kappa shape index (κ3) is 3.33. The molecule has 1 amide bonds. The Hall–Kier alpha value is -3.26. The first-order valence-corrected chi connectivity index (χ1v) is 11.6. The molecule has 0 saturated carbocycles. The van der Waals surface area contributed by atoms with E-state index in [4.69, 9.17) is 0 Å². The molecule has 0 radical (unpaired) electrons. The molecule has 8 heteroatoms. The molecule has 1 N–H and O–H groups in total. The van der Waals surface area contributed by atoms with Crippen LogP contribution in [0.25, 0.3) is 21.9 Å². The number of imidazole rings is 1. The summed E-state index contributed by atoms with van der Waals surface area (Å²) in [6, 6.07) is 14.6. The van der Waals surface area contributed by atoms with Crippen LogP contribution in [-0.2, 0) is 9.84 Å². The average Bonchev–Trinajstić information content (AvgIpc) is 3.24. The van der Waals surface area contributed by atoms with Gasteiger partial charge >= 0.3 is 0 Å². The quantitative estimate of drug-likeness (QED) is 0.547. The van der Waals surface area contributed by atoms with E-state index in [1.54, 1.807) is 18.3 Å². The minimum atomic E-state index is -3.00. The van der Waals surface area contributed by atoms with Crippen LogP contribution in [0.15, 0.2) is 54.7 Å². The lowest BCUT2D eigenvalue weighted by Gasteiger charge is -2.13. The van der Waals surface area contributed by atoms with Crippen LogP contribution in [0.5, 0.6) is 0 Å². The largest absolute Gasteiger partial charge is 0.324 e. The summed E-state index contributed by atoms with van der Waals surface area (Å²) in [5.74, 6) is 0.874. The molecule has 152 valence electrons. The Labute approximate surface area is 173 Å². The van der Waals surface area contributed by atoms with Gasteiger partial charge in [0.05, 0.1) is 34.1 Å². The Balaban J connectivity index is 1.44. The van der Waals surface area contributed by atoms with Crippen LogP contribution in [0.3, 0.4) is 0 Å². The fraction of sp³-hybridized carbons (Fsp3) is 0.227. The molecule has 30 heavy (non-hydrogen) atoms. The van der Waals surface area contributed by atoms with E-state index in [9.17, 15) is 13.2 Å². The SMILES string of the molecule is Cc1nc2cc(C(=O)Nc3ccc4ncccc4c3)ccc2n1[C@@H]1CCS(=O)(=O)C1. The van der Waals surface area contributed by atoms with Crippen molar-refractivity contribution in [3.63, 3.8) is 0 Å². The number of aromatic nitrogens is 3. The highest BCUT2D eigenvalue weighted by atomic mass is 32.2.